The molecule has 0 radical (unpaired) electrons. The number of anilines is 1. The number of aromatic nitrogens is 5. The summed E-state index contributed by atoms with van der Waals surface area (Å²) < 4.78 is 15.8. The number of hydrogen-bond acceptors (Lipinski definition) is 8. The van der Waals surface area contributed by atoms with Gasteiger partial charge in [-0.15, -0.1) is 5.10 Å². The number of methoxy groups -OCH3 is 1. The number of rotatable bonds is 7. The van der Waals surface area contributed by atoms with Gasteiger partial charge in [-0.25, -0.2) is 9.97 Å². The van der Waals surface area contributed by atoms with E-state index in [1.165, 1.54) is 23.7 Å². The number of hydrogen-bond donors (Lipinski definition) is 1. The third-order valence-electron chi connectivity index (χ3n) is 4.01. The minimum absolute atomic E-state index is 0.169. The molecule has 3 aromatic heterocycles. The molecule has 0 unspecified atom stereocenters. The number of amides is 1. The van der Waals surface area contributed by atoms with Crippen molar-refractivity contribution in [2.24, 2.45) is 0 Å². The highest BCUT2D eigenvalue weighted by molar-refractivity contribution is 6.05. The summed E-state index contributed by atoms with van der Waals surface area (Å²) in [4.78, 5) is 22.3. The van der Waals surface area contributed by atoms with Crippen molar-refractivity contribution in [2.75, 3.05) is 12.4 Å². The van der Waals surface area contributed by atoms with E-state index in [0.717, 1.165) is 11.1 Å². The Morgan fingerprint density at radius 1 is 1.31 bits per heavy atom. The lowest BCUT2D eigenvalue weighted by Crippen LogP contribution is -2.14. The quantitative estimate of drug-likeness (QED) is 0.508. The van der Waals surface area contributed by atoms with Crippen LogP contribution in [0.1, 0.15) is 27.6 Å². The summed E-state index contributed by atoms with van der Waals surface area (Å²) in [5.74, 6) is 0.658. The minimum atomic E-state index is -0.444. The topological polar surface area (TPSA) is 121 Å². The lowest BCUT2D eigenvalue weighted by molar-refractivity contribution is 0.102. The Morgan fingerprint density at radius 2 is 2.21 bits per heavy atom. The first-order valence-corrected chi connectivity index (χ1v) is 8.76. The van der Waals surface area contributed by atoms with Gasteiger partial charge < -0.3 is 18.9 Å². The van der Waals surface area contributed by atoms with Gasteiger partial charge in [-0.2, -0.15) is 9.90 Å². The van der Waals surface area contributed by atoms with Crippen LogP contribution in [0.5, 0.6) is 0 Å². The van der Waals surface area contributed by atoms with E-state index in [4.69, 9.17) is 13.6 Å². The van der Waals surface area contributed by atoms with Crippen molar-refractivity contribution in [1.29, 1.82) is 0 Å². The Bertz CT molecular complexity index is 1130. The maximum Gasteiger partial charge on any atom is 0.279 e. The number of ether oxygens (including phenoxy) is 1. The zero-order chi connectivity index (χ0) is 20.2. The minimum Gasteiger partial charge on any atom is -0.446 e. The fraction of sp³-hybridized carbons (Fsp3) is 0.211. The largest absolute Gasteiger partial charge is 0.446 e. The molecule has 1 N–H and O–H groups in total. The standard InChI is InChI=1S/C19H18N6O4/c1-12-4-3-5-13(6-12)18-17(20-11-29-18)19(26)23-15-7-21-25(24-15)8-16-22-14(9-27-2)10-28-16/h3-7,10-11H,8-9H2,1-2H3,(H,23,24,26). The van der Waals surface area contributed by atoms with Crippen molar-refractivity contribution >= 4 is 11.7 Å². The first kappa shape index (κ1) is 18.6. The van der Waals surface area contributed by atoms with E-state index in [9.17, 15) is 4.79 Å². The van der Waals surface area contributed by atoms with Gasteiger partial charge in [0, 0.05) is 12.7 Å². The molecule has 1 amide bonds. The average Bonchev–Trinajstić information content (AvgIpc) is 3.44. The van der Waals surface area contributed by atoms with Crippen LogP contribution in [0.2, 0.25) is 0 Å². The summed E-state index contributed by atoms with van der Waals surface area (Å²) in [7, 11) is 1.58. The van der Waals surface area contributed by atoms with Gasteiger partial charge in [0.05, 0.1) is 12.8 Å². The van der Waals surface area contributed by atoms with Crippen LogP contribution < -0.4 is 5.32 Å². The zero-order valence-corrected chi connectivity index (χ0v) is 15.8. The molecule has 148 valence electrons. The summed E-state index contributed by atoms with van der Waals surface area (Å²) >= 11 is 0. The molecule has 10 nitrogen and oxygen atoms in total. The number of nitrogens with zero attached hydrogens (tertiary/aromatic N) is 5. The molecule has 0 fully saturated rings. The first-order chi connectivity index (χ1) is 14.1. The second-order valence-corrected chi connectivity index (χ2v) is 6.28. The number of benzene rings is 1. The summed E-state index contributed by atoms with van der Waals surface area (Å²) in [5.41, 5.74) is 2.67. The number of nitrogens with one attached hydrogen (secondary N) is 1. The predicted octanol–water partition coefficient (Wildman–Crippen LogP) is 2.68. The Balaban J connectivity index is 1.45. The Kier molecular flexibility index (Phi) is 5.16. The van der Waals surface area contributed by atoms with Crippen LogP contribution in [0, 0.1) is 6.92 Å². The van der Waals surface area contributed by atoms with Crippen LogP contribution in [0.3, 0.4) is 0 Å². The highest BCUT2D eigenvalue weighted by atomic mass is 16.5. The van der Waals surface area contributed by atoms with Gasteiger partial charge in [0.1, 0.15) is 18.5 Å². The third kappa shape index (κ3) is 4.22. The number of oxazole rings is 2. The van der Waals surface area contributed by atoms with E-state index in [1.54, 1.807) is 7.11 Å². The van der Waals surface area contributed by atoms with Gasteiger partial charge in [-0.3, -0.25) is 4.79 Å². The molecule has 1 aromatic carbocycles. The molecular weight excluding hydrogens is 376 g/mol. The average molecular weight is 394 g/mol. The van der Waals surface area contributed by atoms with Crippen LogP contribution in [0.4, 0.5) is 5.82 Å². The van der Waals surface area contributed by atoms with Crippen molar-refractivity contribution in [3.63, 3.8) is 0 Å². The van der Waals surface area contributed by atoms with Crippen molar-refractivity contribution in [2.45, 2.75) is 20.1 Å². The van der Waals surface area contributed by atoms with Crippen LogP contribution in [0.15, 0.2) is 52.0 Å². The number of carbonyl (C=O) groups is 1. The molecule has 0 bridgehead atoms. The fourth-order valence-corrected chi connectivity index (χ4v) is 2.76. The van der Waals surface area contributed by atoms with Gasteiger partial charge in [0.2, 0.25) is 5.89 Å². The van der Waals surface area contributed by atoms with Crippen LogP contribution in [-0.2, 0) is 17.9 Å². The molecule has 0 aliphatic rings. The molecule has 4 rings (SSSR count). The van der Waals surface area contributed by atoms with E-state index < -0.39 is 5.91 Å². The van der Waals surface area contributed by atoms with E-state index in [-0.39, 0.29) is 18.1 Å². The van der Waals surface area contributed by atoms with E-state index in [0.29, 0.717) is 24.0 Å². The molecule has 0 saturated heterocycles. The summed E-state index contributed by atoms with van der Waals surface area (Å²) in [5, 5.41) is 11.0. The highest BCUT2D eigenvalue weighted by Crippen LogP contribution is 2.24. The third-order valence-corrected chi connectivity index (χ3v) is 4.01. The summed E-state index contributed by atoms with van der Waals surface area (Å²) in [6.45, 7) is 2.54. The van der Waals surface area contributed by atoms with E-state index in [1.807, 2.05) is 31.2 Å². The van der Waals surface area contributed by atoms with Crippen LogP contribution >= 0.6 is 0 Å². The number of carbonyl (C=O) groups excluding carboxylic acids is 1. The Morgan fingerprint density at radius 3 is 3.03 bits per heavy atom. The SMILES string of the molecule is COCc1coc(Cn2ncc(NC(=O)c3ncoc3-c3cccc(C)c3)n2)n1. The molecular formula is C19H18N6O4. The number of aryl methyl sites for hydroxylation is 1. The molecule has 0 aliphatic carbocycles. The van der Waals surface area contributed by atoms with Crippen molar-refractivity contribution in [3.8, 4) is 11.3 Å². The van der Waals surface area contributed by atoms with Crippen molar-refractivity contribution in [1.82, 2.24) is 25.0 Å². The monoisotopic (exact) mass is 394 g/mol. The lowest BCUT2D eigenvalue weighted by Gasteiger charge is -2.02. The Labute approximate surface area is 165 Å². The maximum absolute atomic E-state index is 12.6. The molecule has 0 saturated carbocycles. The Hall–Kier alpha value is -3.79. The molecule has 0 aliphatic heterocycles. The van der Waals surface area contributed by atoms with Gasteiger partial charge in [0.15, 0.2) is 23.7 Å². The van der Waals surface area contributed by atoms with E-state index >= 15 is 0 Å². The van der Waals surface area contributed by atoms with Gasteiger partial charge in [-0.1, -0.05) is 23.8 Å². The van der Waals surface area contributed by atoms with Gasteiger partial charge >= 0.3 is 0 Å². The molecule has 29 heavy (non-hydrogen) atoms. The lowest BCUT2D eigenvalue weighted by atomic mass is 10.1. The molecule has 10 heteroatoms. The van der Waals surface area contributed by atoms with E-state index in [2.05, 4.69) is 25.5 Å². The molecule has 4 aromatic rings. The summed E-state index contributed by atoms with van der Waals surface area (Å²) in [6.07, 6.45) is 4.19. The smallest absolute Gasteiger partial charge is 0.279 e. The second kappa shape index (κ2) is 8.07. The predicted molar refractivity (Wildman–Crippen MR) is 101 cm³/mol. The molecule has 0 atom stereocenters. The maximum atomic E-state index is 12.6. The molecule has 3 heterocycles. The van der Waals surface area contributed by atoms with Crippen LogP contribution in [-0.4, -0.2) is 38.0 Å². The zero-order valence-electron chi connectivity index (χ0n) is 15.8. The fourth-order valence-electron chi connectivity index (χ4n) is 2.76. The van der Waals surface area contributed by atoms with Gasteiger partial charge in [0.25, 0.3) is 5.91 Å². The highest BCUT2D eigenvalue weighted by Gasteiger charge is 2.19. The van der Waals surface area contributed by atoms with Crippen molar-refractivity contribution < 1.29 is 18.4 Å². The van der Waals surface area contributed by atoms with Crippen LogP contribution in [0.25, 0.3) is 11.3 Å². The second-order valence-electron chi connectivity index (χ2n) is 6.28. The van der Waals surface area contributed by atoms with Crippen molar-refractivity contribution in [3.05, 3.63) is 66.0 Å². The first-order valence-electron chi connectivity index (χ1n) is 8.76. The normalized spacial score (nSPS) is 11.0. The molecule has 0 spiro atoms. The summed E-state index contributed by atoms with van der Waals surface area (Å²) in [6, 6.07) is 7.63. The van der Waals surface area contributed by atoms with Gasteiger partial charge in [-0.05, 0) is 13.0 Å².